The second-order valence-electron chi connectivity index (χ2n) is 11.0. The third kappa shape index (κ3) is 5.85. The van der Waals surface area contributed by atoms with Gasteiger partial charge in [-0.05, 0) is 66.8 Å². The van der Waals surface area contributed by atoms with E-state index in [0.717, 1.165) is 27.9 Å². The van der Waals surface area contributed by atoms with Gasteiger partial charge in [0.2, 0.25) is 0 Å². The lowest BCUT2D eigenvalue weighted by Crippen LogP contribution is -2.25. The zero-order valence-electron chi connectivity index (χ0n) is 22.4. The van der Waals surface area contributed by atoms with Gasteiger partial charge in [-0.2, -0.15) is 0 Å². The molecule has 0 saturated heterocycles. The summed E-state index contributed by atoms with van der Waals surface area (Å²) in [7, 11) is 0. The predicted molar refractivity (Wildman–Crippen MR) is 150 cm³/mol. The van der Waals surface area contributed by atoms with Crippen LogP contribution in [0.4, 0.5) is 15.9 Å². The van der Waals surface area contributed by atoms with Crippen LogP contribution < -0.4 is 10.6 Å². The summed E-state index contributed by atoms with van der Waals surface area (Å²) in [6.07, 6.45) is 3.48. The zero-order chi connectivity index (χ0) is 27.8. The highest BCUT2D eigenvalue weighted by Gasteiger charge is 2.51. The molecule has 4 aromatic rings. The van der Waals surface area contributed by atoms with E-state index in [2.05, 4.69) is 46.4 Å². The van der Waals surface area contributed by atoms with Gasteiger partial charge in [0.05, 0.1) is 5.69 Å². The van der Waals surface area contributed by atoms with Crippen LogP contribution in [0.15, 0.2) is 73.2 Å². The quantitative estimate of drug-likeness (QED) is 0.301. The molecule has 8 heteroatoms. The molecule has 1 fully saturated rings. The Morgan fingerprint density at radius 2 is 1.67 bits per heavy atom. The summed E-state index contributed by atoms with van der Waals surface area (Å²) in [6.45, 7) is 8.18. The highest BCUT2D eigenvalue weighted by molar-refractivity contribution is 6.04. The molecular formula is C31H30FN5O2. The Morgan fingerprint density at radius 3 is 2.41 bits per heavy atom. The Labute approximate surface area is 226 Å². The van der Waals surface area contributed by atoms with Gasteiger partial charge in [0, 0.05) is 40.2 Å². The Bertz CT molecular complexity index is 1570. The topological polar surface area (TPSA) is 96.9 Å². The minimum absolute atomic E-state index is 0.166. The Hall–Kier alpha value is -4.46. The molecule has 0 bridgehead atoms. The number of hydrogen-bond acceptors (Lipinski definition) is 5. The van der Waals surface area contributed by atoms with Crippen molar-refractivity contribution >= 4 is 23.3 Å². The number of carbonyl (C=O) groups excluding carboxylic acids is 2. The number of aromatic nitrogens is 3. The Morgan fingerprint density at radius 1 is 0.897 bits per heavy atom. The first-order valence-corrected chi connectivity index (χ1v) is 12.8. The van der Waals surface area contributed by atoms with Gasteiger partial charge in [-0.25, -0.2) is 14.4 Å². The highest BCUT2D eigenvalue weighted by Crippen LogP contribution is 2.40. The molecule has 198 valence electrons. The van der Waals surface area contributed by atoms with Crippen molar-refractivity contribution in [1.82, 2.24) is 15.0 Å². The number of alkyl halides is 1. The molecule has 1 aliphatic carbocycles. The number of carbonyl (C=O) groups is 2. The fourth-order valence-corrected chi connectivity index (χ4v) is 4.19. The van der Waals surface area contributed by atoms with Crippen molar-refractivity contribution in [2.75, 3.05) is 10.6 Å². The zero-order valence-corrected chi connectivity index (χ0v) is 22.4. The molecule has 1 aliphatic rings. The standard InChI is InChI=1S/C31H30FN5O2/c1-19-8-9-23(36-28(38)22-10-13-33-26(15-22)30(2,3)4)16-24(19)20-6-5-7-21(14-20)25-17-27(35-18-34-25)37-29(39)31(32)11-12-31/h5-10,13-18H,11-12H2,1-4H3,(H,36,38)(H,34,35,37,39). The average molecular weight is 524 g/mol. The molecule has 5 rings (SSSR count). The van der Waals surface area contributed by atoms with Gasteiger partial charge >= 0.3 is 0 Å². The van der Waals surface area contributed by atoms with E-state index in [1.807, 2.05) is 55.5 Å². The maximum Gasteiger partial charge on any atom is 0.263 e. The molecule has 0 radical (unpaired) electrons. The van der Waals surface area contributed by atoms with Gasteiger partial charge in [-0.3, -0.25) is 14.6 Å². The summed E-state index contributed by atoms with van der Waals surface area (Å²) in [5, 5.41) is 5.56. The first kappa shape index (κ1) is 26.2. The number of hydrogen-bond donors (Lipinski definition) is 2. The molecule has 2 amide bonds. The molecule has 2 aromatic carbocycles. The van der Waals surface area contributed by atoms with Crippen molar-refractivity contribution in [3.05, 3.63) is 90.0 Å². The van der Waals surface area contributed by atoms with E-state index in [4.69, 9.17) is 0 Å². The summed E-state index contributed by atoms with van der Waals surface area (Å²) in [5.74, 6) is -0.619. The number of anilines is 2. The van der Waals surface area contributed by atoms with Crippen LogP contribution in [-0.4, -0.2) is 32.4 Å². The summed E-state index contributed by atoms with van der Waals surface area (Å²) < 4.78 is 14.1. The van der Waals surface area contributed by atoms with Gasteiger partial charge in [0.1, 0.15) is 12.1 Å². The fourth-order valence-electron chi connectivity index (χ4n) is 4.19. The molecule has 39 heavy (non-hydrogen) atoms. The SMILES string of the molecule is Cc1ccc(NC(=O)c2ccnc(C(C)(C)C)c2)cc1-c1cccc(-c2cc(NC(=O)C3(F)CC3)ncn2)c1. The number of benzene rings is 2. The van der Waals surface area contributed by atoms with Crippen LogP contribution in [0.5, 0.6) is 0 Å². The maximum absolute atomic E-state index is 14.1. The van der Waals surface area contributed by atoms with Crippen molar-refractivity contribution in [2.24, 2.45) is 0 Å². The van der Waals surface area contributed by atoms with E-state index >= 15 is 0 Å². The number of nitrogens with zero attached hydrogens (tertiary/aromatic N) is 3. The van der Waals surface area contributed by atoms with Crippen molar-refractivity contribution in [1.29, 1.82) is 0 Å². The molecule has 2 N–H and O–H groups in total. The monoisotopic (exact) mass is 523 g/mol. The third-order valence-corrected chi connectivity index (χ3v) is 6.76. The Balaban J connectivity index is 1.38. The number of rotatable bonds is 6. The second kappa shape index (κ2) is 10.0. The van der Waals surface area contributed by atoms with Crippen LogP contribution in [0.2, 0.25) is 0 Å². The van der Waals surface area contributed by atoms with Crippen LogP contribution in [0.3, 0.4) is 0 Å². The smallest absolute Gasteiger partial charge is 0.263 e. The van der Waals surface area contributed by atoms with E-state index in [9.17, 15) is 14.0 Å². The van der Waals surface area contributed by atoms with Gasteiger partial charge in [0.15, 0.2) is 5.67 Å². The lowest BCUT2D eigenvalue weighted by Gasteiger charge is -2.18. The number of amides is 2. The molecule has 2 heterocycles. The molecule has 0 spiro atoms. The van der Waals surface area contributed by atoms with Crippen molar-refractivity contribution in [2.45, 2.75) is 51.6 Å². The van der Waals surface area contributed by atoms with Crippen molar-refractivity contribution in [3.63, 3.8) is 0 Å². The maximum atomic E-state index is 14.1. The lowest BCUT2D eigenvalue weighted by molar-refractivity contribution is -0.122. The van der Waals surface area contributed by atoms with E-state index < -0.39 is 11.6 Å². The van der Waals surface area contributed by atoms with E-state index in [1.54, 1.807) is 18.3 Å². The van der Waals surface area contributed by atoms with Gasteiger partial charge in [-0.15, -0.1) is 0 Å². The van der Waals surface area contributed by atoms with Crippen LogP contribution in [0.1, 0.15) is 55.2 Å². The molecule has 2 aromatic heterocycles. The summed E-state index contributed by atoms with van der Waals surface area (Å²) in [6, 6.07) is 18.7. The highest BCUT2D eigenvalue weighted by atomic mass is 19.1. The van der Waals surface area contributed by atoms with Crippen molar-refractivity contribution < 1.29 is 14.0 Å². The fraction of sp³-hybridized carbons (Fsp3) is 0.258. The summed E-state index contributed by atoms with van der Waals surface area (Å²) in [5.41, 5.74) is 4.46. The third-order valence-electron chi connectivity index (χ3n) is 6.76. The lowest BCUT2D eigenvalue weighted by atomic mass is 9.91. The van der Waals surface area contributed by atoms with Crippen LogP contribution in [-0.2, 0) is 10.2 Å². The van der Waals surface area contributed by atoms with E-state index in [1.165, 1.54) is 6.33 Å². The largest absolute Gasteiger partial charge is 0.322 e. The first-order chi connectivity index (χ1) is 18.5. The molecule has 0 aliphatic heterocycles. The van der Waals surface area contributed by atoms with Gasteiger partial charge in [0.25, 0.3) is 11.8 Å². The molecular weight excluding hydrogens is 493 g/mol. The molecule has 1 saturated carbocycles. The minimum atomic E-state index is -1.78. The van der Waals surface area contributed by atoms with Gasteiger partial charge in [-0.1, -0.05) is 45.0 Å². The van der Waals surface area contributed by atoms with E-state index in [-0.39, 0.29) is 30.0 Å². The Kier molecular flexibility index (Phi) is 6.72. The van der Waals surface area contributed by atoms with E-state index in [0.29, 0.717) is 16.9 Å². The minimum Gasteiger partial charge on any atom is -0.322 e. The normalized spacial score (nSPS) is 14.0. The van der Waals surface area contributed by atoms with Crippen LogP contribution in [0, 0.1) is 6.92 Å². The molecule has 0 unspecified atom stereocenters. The average Bonchev–Trinajstić information content (AvgIpc) is 3.68. The number of nitrogens with one attached hydrogen (secondary N) is 2. The van der Waals surface area contributed by atoms with Crippen LogP contribution >= 0.6 is 0 Å². The van der Waals surface area contributed by atoms with Gasteiger partial charge < -0.3 is 10.6 Å². The second-order valence-corrected chi connectivity index (χ2v) is 11.0. The summed E-state index contributed by atoms with van der Waals surface area (Å²) in [4.78, 5) is 38.0. The number of pyridine rings is 1. The van der Waals surface area contributed by atoms with Crippen molar-refractivity contribution in [3.8, 4) is 22.4 Å². The molecule has 0 atom stereocenters. The summed E-state index contributed by atoms with van der Waals surface area (Å²) >= 11 is 0. The number of halogens is 1. The number of aryl methyl sites for hydroxylation is 1. The molecule has 7 nitrogen and oxygen atoms in total. The first-order valence-electron chi connectivity index (χ1n) is 12.8. The van der Waals surface area contributed by atoms with Crippen LogP contribution in [0.25, 0.3) is 22.4 Å². The predicted octanol–water partition coefficient (Wildman–Crippen LogP) is 6.50.